The number of rotatable bonds is 6. The van der Waals surface area contributed by atoms with Crippen LogP contribution >= 0.6 is 0 Å². The van der Waals surface area contributed by atoms with Crippen LogP contribution in [-0.4, -0.2) is 48.9 Å². The highest BCUT2D eigenvalue weighted by Gasteiger charge is 2.22. The van der Waals surface area contributed by atoms with Gasteiger partial charge in [-0.1, -0.05) is 19.1 Å². The minimum Gasteiger partial charge on any atom is -0.353 e. The first-order valence-electron chi connectivity index (χ1n) is 9.56. The summed E-state index contributed by atoms with van der Waals surface area (Å²) in [7, 11) is 0. The Hall–Kier alpha value is -1.88. The molecule has 0 aliphatic carbocycles. The van der Waals surface area contributed by atoms with Gasteiger partial charge in [-0.2, -0.15) is 0 Å². The third-order valence-electron chi connectivity index (χ3n) is 5.18. The van der Waals surface area contributed by atoms with Crippen molar-refractivity contribution < 1.29 is 9.59 Å². The Bertz CT molecular complexity index is 591. The highest BCUT2D eigenvalue weighted by Crippen LogP contribution is 2.21. The lowest BCUT2D eigenvalue weighted by molar-refractivity contribution is -0.121. The van der Waals surface area contributed by atoms with Crippen molar-refractivity contribution in [1.82, 2.24) is 10.2 Å². The molecule has 5 heteroatoms. The van der Waals surface area contributed by atoms with Crippen molar-refractivity contribution in [2.75, 3.05) is 31.1 Å². The lowest BCUT2D eigenvalue weighted by Gasteiger charge is -2.32. The van der Waals surface area contributed by atoms with Crippen LogP contribution in [-0.2, 0) is 16.0 Å². The minimum absolute atomic E-state index is 0.0962. The summed E-state index contributed by atoms with van der Waals surface area (Å²) in [5, 5.41) is 3.18. The second-order valence-corrected chi connectivity index (χ2v) is 7.18. The number of carbonyl (C=O) groups is 2. The van der Waals surface area contributed by atoms with Crippen LogP contribution < -0.4 is 10.2 Å². The van der Waals surface area contributed by atoms with Gasteiger partial charge in [-0.15, -0.1) is 0 Å². The summed E-state index contributed by atoms with van der Waals surface area (Å²) in [5.74, 6) is 0.291. The molecular weight excluding hydrogens is 314 g/mol. The Morgan fingerprint density at radius 2 is 1.88 bits per heavy atom. The molecule has 25 heavy (non-hydrogen) atoms. The first kappa shape index (κ1) is 17.9. The maximum Gasteiger partial charge on any atom is 0.227 e. The molecule has 0 bridgehead atoms. The molecule has 0 atom stereocenters. The van der Waals surface area contributed by atoms with Crippen LogP contribution in [0.3, 0.4) is 0 Å². The molecule has 5 nitrogen and oxygen atoms in total. The summed E-state index contributed by atoms with van der Waals surface area (Å²) in [6.07, 6.45) is 5.25. The van der Waals surface area contributed by atoms with E-state index in [9.17, 15) is 9.59 Å². The summed E-state index contributed by atoms with van der Waals surface area (Å²) in [6, 6.07) is 8.14. The van der Waals surface area contributed by atoms with Crippen LogP contribution in [0.15, 0.2) is 24.3 Å². The summed E-state index contributed by atoms with van der Waals surface area (Å²) in [5.41, 5.74) is 1.94. The molecule has 2 heterocycles. The summed E-state index contributed by atoms with van der Waals surface area (Å²) in [6.45, 7) is 6.33. The predicted molar refractivity (Wildman–Crippen MR) is 99.6 cm³/mol. The smallest absolute Gasteiger partial charge is 0.227 e. The van der Waals surface area contributed by atoms with Gasteiger partial charge in [0.25, 0.3) is 0 Å². The van der Waals surface area contributed by atoms with Gasteiger partial charge in [0.1, 0.15) is 0 Å². The van der Waals surface area contributed by atoms with Gasteiger partial charge in [-0.05, 0) is 49.9 Å². The van der Waals surface area contributed by atoms with Crippen molar-refractivity contribution >= 4 is 17.5 Å². The maximum absolute atomic E-state index is 12.3. The van der Waals surface area contributed by atoms with Gasteiger partial charge in [0.2, 0.25) is 11.8 Å². The van der Waals surface area contributed by atoms with Gasteiger partial charge in [-0.25, -0.2) is 0 Å². The molecule has 0 radical (unpaired) electrons. The van der Waals surface area contributed by atoms with E-state index < -0.39 is 0 Å². The molecular formula is C20H29N3O2. The summed E-state index contributed by atoms with van der Waals surface area (Å²) in [4.78, 5) is 28.4. The fraction of sp³-hybridized carbons (Fsp3) is 0.600. The number of hydrogen-bond acceptors (Lipinski definition) is 3. The average Bonchev–Trinajstić information content (AvgIpc) is 3.03. The standard InChI is InChI=1S/C20H29N3O2/c1-2-11-22-13-9-17(10-14-22)21-19(24)15-16-5-7-18(8-6-16)23-12-3-4-20(23)25/h5-8,17H,2-4,9-15H2,1H3,(H,21,24). The molecule has 2 fully saturated rings. The van der Waals surface area contributed by atoms with E-state index in [1.807, 2.05) is 29.2 Å². The molecule has 2 amide bonds. The van der Waals surface area contributed by atoms with Crippen LogP contribution in [0.5, 0.6) is 0 Å². The third-order valence-corrected chi connectivity index (χ3v) is 5.18. The number of benzene rings is 1. The molecule has 0 aromatic heterocycles. The Balaban J connectivity index is 1.46. The monoisotopic (exact) mass is 343 g/mol. The lowest BCUT2D eigenvalue weighted by atomic mass is 10.0. The summed E-state index contributed by atoms with van der Waals surface area (Å²) < 4.78 is 0. The molecule has 0 unspecified atom stereocenters. The van der Waals surface area contributed by atoms with Crippen LogP contribution in [0.4, 0.5) is 5.69 Å². The number of carbonyl (C=O) groups excluding carboxylic acids is 2. The van der Waals surface area contributed by atoms with E-state index in [0.29, 0.717) is 18.9 Å². The number of nitrogens with one attached hydrogen (secondary N) is 1. The topological polar surface area (TPSA) is 52.7 Å². The van der Waals surface area contributed by atoms with E-state index >= 15 is 0 Å². The van der Waals surface area contributed by atoms with Crippen LogP contribution in [0.2, 0.25) is 0 Å². The zero-order chi connectivity index (χ0) is 17.6. The molecule has 0 saturated carbocycles. The molecule has 1 aromatic carbocycles. The van der Waals surface area contributed by atoms with Crippen molar-refractivity contribution in [2.45, 2.75) is 51.5 Å². The van der Waals surface area contributed by atoms with Crippen LogP contribution in [0.1, 0.15) is 44.6 Å². The highest BCUT2D eigenvalue weighted by atomic mass is 16.2. The normalized spacial score (nSPS) is 19.4. The van der Waals surface area contributed by atoms with Crippen molar-refractivity contribution in [3.05, 3.63) is 29.8 Å². The molecule has 0 spiro atoms. The van der Waals surface area contributed by atoms with Crippen LogP contribution in [0.25, 0.3) is 0 Å². The first-order valence-corrected chi connectivity index (χ1v) is 9.56. The molecule has 1 N–H and O–H groups in total. The van der Waals surface area contributed by atoms with E-state index in [1.165, 1.54) is 6.42 Å². The Morgan fingerprint density at radius 3 is 2.48 bits per heavy atom. The first-order chi connectivity index (χ1) is 12.2. The summed E-state index contributed by atoms with van der Waals surface area (Å²) >= 11 is 0. The molecule has 2 saturated heterocycles. The minimum atomic E-state index is 0.0962. The number of likely N-dealkylation sites (tertiary alicyclic amines) is 1. The van der Waals surface area contributed by atoms with E-state index in [0.717, 1.165) is 56.7 Å². The third kappa shape index (κ3) is 4.82. The number of piperidine rings is 1. The zero-order valence-electron chi connectivity index (χ0n) is 15.2. The number of nitrogens with zero attached hydrogens (tertiary/aromatic N) is 2. The maximum atomic E-state index is 12.3. The van der Waals surface area contributed by atoms with Gasteiger partial charge in [-0.3, -0.25) is 9.59 Å². The quantitative estimate of drug-likeness (QED) is 0.863. The Labute approximate surface area is 150 Å². The fourth-order valence-electron chi connectivity index (χ4n) is 3.80. The lowest BCUT2D eigenvalue weighted by Crippen LogP contribution is -2.45. The van der Waals surface area contributed by atoms with Gasteiger partial charge in [0.15, 0.2) is 0 Å². The second-order valence-electron chi connectivity index (χ2n) is 7.18. The van der Waals surface area contributed by atoms with Crippen molar-refractivity contribution in [1.29, 1.82) is 0 Å². The predicted octanol–water partition coefficient (Wildman–Crippen LogP) is 2.35. The van der Waals surface area contributed by atoms with Crippen molar-refractivity contribution in [3.8, 4) is 0 Å². The van der Waals surface area contributed by atoms with Crippen molar-refractivity contribution in [2.24, 2.45) is 0 Å². The average molecular weight is 343 g/mol. The molecule has 2 aliphatic heterocycles. The van der Waals surface area contributed by atoms with E-state index in [1.54, 1.807) is 0 Å². The van der Waals surface area contributed by atoms with Gasteiger partial charge in [0.05, 0.1) is 6.42 Å². The van der Waals surface area contributed by atoms with Crippen molar-refractivity contribution in [3.63, 3.8) is 0 Å². The Morgan fingerprint density at radius 1 is 1.16 bits per heavy atom. The van der Waals surface area contributed by atoms with E-state index in [-0.39, 0.29) is 11.8 Å². The fourth-order valence-corrected chi connectivity index (χ4v) is 3.80. The molecule has 1 aromatic rings. The SMILES string of the molecule is CCCN1CCC(NC(=O)Cc2ccc(N3CCCC3=O)cc2)CC1. The van der Waals surface area contributed by atoms with Gasteiger partial charge >= 0.3 is 0 Å². The number of anilines is 1. The largest absolute Gasteiger partial charge is 0.353 e. The molecule has 3 rings (SSSR count). The van der Waals surface area contributed by atoms with Gasteiger partial charge in [0, 0.05) is 37.8 Å². The number of hydrogen-bond donors (Lipinski definition) is 1. The highest BCUT2D eigenvalue weighted by molar-refractivity contribution is 5.95. The van der Waals surface area contributed by atoms with E-state index in [2.05, 4.69) is 17.1 Å². The van der Waals surface area contributed by atoms with Crippen LogP contribution in [0, 0.1) is 0 Å². The number of amides is 2. The second kappa shape index (κ2) is 8.48. The Kier molecular flexibility index (Phi) is 6.08. The van der Waals surface area contributed by atoms with Gasteiger partial charge < -0.3 is 15.1 Å². The molecule has 2 aliphatic rings. The zero-order valence-corrected chi connectivity index (χ0v) is 15.2. The molecule has 136 valence electrons. The van der Waals surface area contributed by atoms with E-state index in [4.69, 9.17) is 0 Å².